The maximum Gasteiger partial charge on any atom is 0.0888 e. The first-order valence-corrected chi connectivity index (χ1v) is 20.6. The number of fused-ring (bicyclic) bond motifs is 6. The third-order valence-corrected chi connectivity index (χ3v) is 13.3. The molecule has 3 heterocycles. The van der Waals surface area contributed by atoms with E-state index in [1.165, 1.54) is 102 Å². The van der Waals surface area contributed by atoms with E-state index in [4.69, 9.17) is 0 Å². The van der Waals surface area contributed by atoms with E-state index < -0.39 is 0 Å². The van der Waals surface area contributed by atoms with Gasteiger partial charge in [-0.3, -0.25) is 4.98 Å². The fourth-order valence-corrected chi connectivity index (χ4v) is 10.6. The van der Waals surface area contributed by atoms with Gasteiger partial charge < -0.3 is 0 Å². The van der Waals surface area contributed by atoms with Gasteiger partial charge in [-0.2, -0.15) is 0 Å². The summed E-state index contributed by atoms with van der Waals surface area (Å²) in [7, 11) is 0. The van der Waals surface area contributed by atoms with Crippen molar-refractivity contribution in [1.29, 1.82) is 0 Å². The van der Waals surface area contributed by atoms with Crippen LogP contribution in [-0.4, -0.2) is 4.98 Å². The molecule has 0 atom stereocenters. The van der Waals surface area contributed by atoms with Crippen LogP contribution in [0.4, 0.5) is 0 Å². The third kappa shape index (κ3) is 5.72. The zero-order chi connectivity index (χ0) is 37.0. The number of nitrogens with zero attached hydrogens (tertiary/aromatic N) is 1. The van der Waals surface area contributed by atoms with Crippen LogP contribution >= 0.6 is 22.7 Å². The molecule has 0 fully saturated rings. The summed E-state index contributed by atoms with van der Waals surface area (Å²) >= 11 is 3.70. The zero-order valence-corrected chi connectivity index (χ0v) is 31.9. The van der Waals surface area contributed by atoms with Gasteiger partial charge in [0.15, 0.2) is 0 Å². The van der Waals surface area contributed by atoms with Gasteiger partial charge in [0.1, 0.15) is 0 Å². The number of thiophene rings is 2. The molecule has 11 aromatic rings. The van der Waals surface area contributed by atoms with Gasteiger partial charge in [-0.1, -0.05) is 146 Å². The van der Waals surface area contributed by atoms with E-state index in [-0.39, 0.29) is 0 Å². The van der Waals surface area contributed by atoms with Crippen molar-refractivity contribution < 1.29 is 0 Å². The number of hydrogen-bond donors (Lipinski definition) is 0. The van der Waals surface area contributed by atoms with Gasteiger partial charge in [-0.25, -0.2) is 0 Å². The molecule has 8 aromatic carbocycles. The Hall–Kier alpha value is -6.65. The van der Waals surface area contributed by atoms with Crippen LogP contribution < -0.4 is 0 Å². The number of benzene rings is 8. The first kappa shape index (κ1) is 32.8. The monoisotopic (exact) mass is 747 g/mol. The third-order valence-electron chi connectivity index (χ3n) is 10.9. The Morgan fingerprint density at radius 1 is 0.286 bits per heavy atom. The van der Waals surface area contributed by atoms with Crippen molar-refractivity contribution >= 4 is 63.1 Å². The summed E-state index contributed by atoms with van der Waals surface area (Å²) in [5.74, 6) is 0. The van der Waals surface area contributed by atoms with E-state index >= 15 is 0 Å². The van der Waals surface area contributed by atoms with Crippen molar-refractivity contribution in [1.82, 2.24) is 4.98 Å². The molecule has 0 radical (unpaired) electrons. The maximum atomic E-state index is 4.69. The lowest BCUT2D eigenvalue weighted by Crippen LogP contribution is -1.86. The summed E-state index contributed by atoms with van der Waals surface area (Å²) in [4.78, 5) is 4.69. The summed E-state index contributed by atoms with van der Waals surface area (Å²) in [6.07, 6.45) is 1.89. The number of aromatic nitrogens is 1. The topological polar surface area (TPSA) is 12.9 Å². The molecular weight excluding hydrogens is 715 g/mol. The van der Waals surface area contributed by atoms with Crippen LogP contribution in [0.5, 0.6) is 0 Å². The molecule has 3 aromatic heterocycles. The summed E-state index contributed by atoms with van der Waals surface area (Å²) in [6.45, 7) is 0. The highest BCUT2D eigenvalue weighted by atomic mass is 32.1. The molecule has 0 amide bonds. The normalized spacial score (nSPS) is 11.6. The number of hydrogen-bond acceptors (Lipinski definition) is 3. The first-order chi connectivity index (χ1) is 27.7. The summed E-state index contributed by atoms with van der Waals surface area (Å²) in [5.41, 5.74) is 15.7. The average Bonchev–Trinajstić information content (AvgIpc) is 3.86. The Labute approximate surface area is 333 Å². The quantitative estimate of drug-likeness (QED) is 0.165. The van der Waals surface area contributed by atoms with E-state index in [1.54, 1.807) is 0 Å². The van der Waals surface area contributed by atoms with Crippen LogP contribution in [0.1, 0.15) is 0 Å². The van der Waals surface area contributed by atoms with Crippen LogP contribution in [0.15, 0.2) is 200 Å². The molecule has 11 rings (SSSR count). The number of pyridine rings is 1. The van der Waals surface area contributed by atoms with Gasteiger partial charge in [0.2, 0.25) is 0 Å². The molecule has 56 heavy (non-hydrogen) atoms. The summed E-state index contributed by atoms with van der Waals surface area (Å²) < 4.78 is 5.18. The van der Waals surface area contributed by atoms with Gasteiger partial charge >= 0.3 is 0 Å². The van der Waals surface area contributed by atoms with Crippen LogP contribution in [0.25, 0.3) is 107 Å². The van der Waals surface area contributed by atoms with Crippen molar-refractivity contribution in [2.45, 2.75) is 0 Å². The molecule has 0 saturated heterocycles. The van der Waals surface area contributed by atoms with Crippen molar-refractivity contribution in [3.8, 4) is 66.8 Å². The minimum absolute atomic E-state index is 1.08. The predicted octanol–water partition coefficient (Wildman–Crippen LogP) is 15.8. The first-order valence-electron chi connectivity index (χ1n) is 18.9. The second kappa shape index (κ2) is 13.6. The van der Waals surface area contributed by atoms with Gasteiger partial charge in [0.25, 0.3) is 0 Å². The minimum Gasteiger partial charge on any atom is -0.255 e. The summed E-state index contributed by atoms with van der Waals surface area (Å²) in [6, 6.07) is 71.0. The number of rotatable bonds is 6. The Morgan fingerprint density at radius 3 is 1.20 bits per heavy atom. The molecule has 1 nitrogen and oxygen atoms in total. The highest BCUT2D eigenvalue weighted by Crippen LogP contribution is 2.42. The molecule has 0 spiro atoms. The Bertz CT molecular complexity index is 3060. The lowest BCUT2D eigenvalue weighted by atomic mass is 9.93. The maximum absolute atomic E-state index is 4.69. The predicted molar refractivity (Wildman–Crippen MR) is 243 cm³/mol. The second-order valence-electron chi connectivity index (χ2n) is 14.3. The lowest BCUT2D eigenvalue weighted by Gasteiger charge is -2.11. The molecule has 0 saturated carbocycles. The summed E-state index contributed by atoms with van der Waals surface area (Å²) in [5, 5.41) is 3.87. The van der Waals surface area contributed by atoms with Crippen molar-refractivity contribution in [2.75, 3.05) is 0 Å². The van der Waals surface area contributed by atoms with Crippen LogP contribution in [-0.2, 0) is 0 Å². The minimum atomic E-state index is 1.08. The molecule has 0 N–H and O–H groups in total. The Balaban J connectivity index is 0.907. The molecular formula is C53H33NS2. The van der Waals surface area contributed by atoms with E-state index in [0.717, 1.165) is 5.52 Å². The lowest BCUT2D eigenvalue weighted by molar-refractivity contribution is 1.44. The van der Waals surface area contributed by atoms with Gasteiger partial charge in [0.05, 0.1) is 10.2 Å². The van der Waals surface area contributed by atoms with Crippen LogP contribution in [0, 0.1) is 0 Å². The molecule has 262 valence electrons. The molecule has 0 aliphatic carbocycles. The molecule has 0 aliphatic heterocycles. The fourth-order valence-electron chi connectivity index (χ4n) is 8.19. The standard InChI is InChI=1S/C53H33NS2/c1-2-26-49-46(21-1)47-24-8-22-44(52(47)55-49)42-19-6-17-40(32-42)38-15-4-13-36(30-38)34-11-3-12-35(29-34)37-14-5-16-39(31-37)41-18-7-20-43(33-41)45-23-9-25-48-51-50(56-53(45)48)27-10-28-54-51/h1-33H. The highest BCUT2D eigenvalue weighted by molar-refractivity contribution is 7.26. The van der Waals surface area contributed by atoms with E-state index in [9.17, 15) is 0 Å². The second-order valence-corrected chi connectivity index (χ2v) is 16.4. The molecule has 0 unspecified atom stereocenters. The smallest absolute Gasteiger partial charge is 0.0888 e. The van der Waals surface area contributed by atoms with Crippen LogP contribution in [0.3, 0.4) is 0 Å². The van der Waals surface area contributed by atoms with Crippen molar-refractivity contribution in [3.05, 3.63) is 200 Å². The Morgan fingerprint density at radius 2 is 0.661 bits per heavy atom. The zero-order valence-electron chi connectivity index (χ0n) is 30.3. The molecule has 0 bridgehead atoms. The van der Waals surface area contributed by atoms with E-state index in [0.29, 0.717) is 0 Å². The van der Waals surface area contributed by atoms with Crippen molar-refractivity contribution in [3.63, 3.8) is 0 Å². The van der Waals surface area contributed by atoms with Gasteiger partial charge in [-0.15, -0.1) is 22.7 Å². The van der Waals surface area contributed by atoms with Crippen molar-refractivity contribution in [2.24, 2.45) is 0 Å². The van der Waals surface area contributed by atoms with Gasteiger partial charge in [0, 0.05) is 36.5 Å². The highest BCUT2D eigenvalue weighted by Gasteiger charge is 2.14. The largest absolute Gasteiger partial charge is 0.255 e. The SMILES string of the molecule is c1cc(-c2cccc(-c3cccc(-c4cccc5c4sc4ccccc45)c3)c2)cc(-c2cccc(-c3cccc(-c4cccc5c4sc4cccnc45)c3)c2)c1. The fraction of sp³-hybridized carbons (Fsp3) is 0. The van der Waals surface area contributed by atoms with Gasteiger partial charge in [-0.05, 0) is 115 Å². The Kier molecular flexibility index (Phi) is 7.94. The van der Waals surface area contributed by atoms with Crippen LogP contribution in [0.2, 0.25) is 0 Å². The molecule has 3 heteroatoms. The average molecular weight is 748 g/mol. The van der Waals surface area contributed by atoms with E-state index in [2.05, 4.69) is 193 Å². The van der Waals surface area contributed by atoms with E-state index in [1.807, 2.05) is 34.9 Å². The molecule has 0 aliphatic rings.